The Morgan fingerprint density at radius 1 is 0.963 bits per heavy atom. The highest BCUT2D eigenvalue weighted by Crippen LogP contribution is 2.41. The third kappa shape index (κ3) is 3.51. The summed E-state index contributed by atoms with van der Waals surface area (Å²) in [5.41, 5.74) is 4.56. The molecular formula is C22H21N3OS. The van der Waals surface area contributed by atoms with Gasteiger partial charge in [-0.25, -0.2) is 9.97 Å². The summed E-state index contributed by atoms with van der Waals surface area (Å²) in [5, 5.41) is 4.52. The summed E-state index contributed by atoms with van der Waals surface area (Å²) >= 11 is 1.69. The van der Waals surface area contributed by atoms with Crippen molar-refractivity contribution in [2.75, 3.05) is 11.9 Å². The zero-order valence-electron chi connectivity index (χ0n) is 15.6. The number of fused-ring (bicyclic) bond motifs is 1. The number of nitrogens with zero attached hydrogens (tertiary/aromatic N) is 2. The average molecular weight is 375 g/mol. The highest BCUT2D eigenvalue weighted by atomic mass is 32.1. The predicted molar refractivity (Wildman–Crippen MR) is 113 cm³/mol. The van der Waals surface area contributed by atoms with E-state index in [9.17, 15) is 0 Å². The Balaban J connectivity index is 1.80. The Bertz CT molecular complexity index is 1070. The molecule has 2 aromatic carbocycles. The van der Waals surface area contributed by atoms with Crippen LogP contribution in [0.4, 0.5) is 11.5 Å². The molecule has 2 aromatic heterocycles. The number of anilines is 2. The minimum atomic E-state index is 0.665. The molecule has 0 amide bonds. The Morgan fingerprint density at radius 2 is 1.70 bits per heavy atom. The second-order valence-corrected chi connectivity index (χ2v) is 7.59. The fourth-order valence-electron chi connectivity index (χ4n) is 3.14. The summed E-state index contributed by atoms with van der Waals surface area (Å²) in [4.78, 5) is 11.2. The smallest absolute Gasteiger partial charge is 0.143 e. The van der Waals surface area contributed by atoms with E-state index < -0.39 is 0 Å². The van der Waals surface area contributed by atoms with Crippen LogP contribution in [-0.4, -0.2) is 16.6 Å². The van der Waals surface area contributed by atoms with Crippen LogP contribution in [0.5, 0.6) is 5.75 Å². The van der Waals surface area contributed by atoms with Gasteiger partial charge in [0, 0.05) is 16.1 Å². The first-order valence-electron chi connectivity index (χ1n) is 8.96. The molecule has 0 radical (unpaired) electrons. The van der Waals surface area contributed by atoms with Crippen molar-refractivity contribution in [3.8, 4) is 16.9 Å². The lowest BCUT2D eigenvalue weighted by Gasteiger charge is -2.10. The summed E-state index contributed by atoms with van der Waals surface area (Å²) in [6, 6.07) is 16.5. The number of rotatable bonds is 5. The van der Waals surface area contributed by atoms with Crippen molar-refractivity contribution in [1.82, 2.24) is 9.97 Å². The zero-order chi connectivity index (χ0) is 18.8. The summed E-state index contributed by atoms with van der Waals surface area (Å²) in [6.07, 6.45) is 1.62. The number of aromatic nitrogens is 2. The van der Waals surface area contributed by atoms with Gasteiger partial charge in [0.05, 0.1) is 12.0 Å². The van der Waals surface area contributed by atoms with Gasteiger partial charge in [0.2, 0.25) is 0 Å². The summed E-state index contributed by atoms with van der Waals surface area (Å²) in [7, 11) is 0. The minimum Gasteiger partial charge on any atom is -0.494 e. The van der Waals surface area contributed by atoms with Crippen molar-refractivity contribution < 1.29 is 4.74 Å². The molecule has 4 nitrogen and oxygen atoms in total. The van der Waals surface area contributed by atoms with Crippen LogP contribution in [0.15, 0.2) is 54.9 Å². The molecule has 5 heteroatoms. The third-order valence-corrected chi connectivity index (χ3v) is 5.45. The van der Waals surface area contributed by atoms with E-state index in [2.05, 4.69) is 65.5 Å². The number of hydrogen-bond donors (Lipinski definition) is 1. The van der Waals surface area contributed by atoms with Crippen LogP contribution in [0, 0.1) is 13.8 Å². The molecule has 0 aliphatic carbocycles. The lowest BCUT2D eigenvalue weighted by molar-refractivity contribution is 0.340. The maximum atomic E-state index is 5.57. The first-order valence-corrected chi connectivity index (χ1v) is 9.78. The van der Waals surface area contributed by atoms with E-state index in [1.807, 2.05) is 19.1 Å². The van der Waals surface area contributed by atoms with E-state index in [-0.39, 0.29) is 0 Å². The molecule has 4 aromatic rings. The predicted octanol–water partition coefficient (Wildman–Crippen LogP) is 6.12. The van der Waals surface area contributed by atoms with Gasteiger partial charge >= 0.3 is 0 Å². The number of nitrogens with one attached hydrogen (secondary N) is 1. The van der Waals surface area contributed by atoms with Gasteiger partial charge in [-0.3, -0.25) is 0 Å². The molecular weight excluding hydrogens is 354 g/mol. The van der Waals surface area contributed by atoms with E-state index in [1.165, 1.54) is 16.0 Å². The van der Waals surface area contributed by atoms with Crippen LogP contribution in [0.1, 0.15) is 17.4 Å². The maximum absolute atomic E-state index is 5.57. The molecule has 0 fully saturated rings. The van der Waals surface area contributed by atoms with E-state index >= 15 is 0 Å². The highest BCUT2D eigenvalue weighted by molar-refractivity contribution is 7.19. The first-order chi connectivity index (χ1) is 13.2. The molecule has 0 saturated carbocycles. The Morgan fingerprint density at radius 3 is 2.41 bits per heavy atom. The Kier molecular flexibility index (Phi) is 4.77. The average Bonchev–Trinajstić information content (AvgIpc) is 3.01. The lowest BCUT2D eigenvalue weighted by Crippen LogP contribution is -1.96. The van der Waals surface area contributed by atoms with Crippen LogP contribution in [0.3, 0.4) is 0 Å². The van der Waals surface area contributed by atoms with Gasteiger partial charge in [-0.05, 0) is 50.6 Å². The Hall–Kier alpha value is -2.92. The number of thiophene rings is 1. The van der Waals surface area contributed by atoms with Crippen molar-refractivity contribution >= 4 is 33.1 Å². The summed E-state index contributed by atoms with van der Waals surface area (Å²) < 4.78 is 5.57. The van der Waals surface area contributed by atoms with Gasteiger partial charge < -0.3 is 10.1 Å². The van der Waals surface area contributed by atoms with Gasteiger partial charge in [-0.1, -0.05) is 29.8 Å². The lowest BCUT2D eigenvalue weighted by atomic mass is 10.0. The molecule has 0 atom stereocenters. The monoisotopic (exact) mass is 375 g/mol. The van der Waals surface area contributed by atoms with E-state index in [4.69, 9.17) is 4.74 Å². The highest BCUT2D eigenvalue weighted by Gasteiger charge is 2.17. The number of ether oxygens (including phenoxy) is 1. The van der Waals surface area contributed by atoms with Gasteiger partial charge in [-0.2, -0.15) is 0 Å². The molecule has 2 heterocycles. The Labute approximate surface area is 162 Å². The van der Waals surface area contributed by atoms with Gasteiger partial charge in [-0.15, -0.1) is 11.3 Å². The van der Waals surface area contributed by atoms with Crippen molar-refractivity contribution in [2.24, 2.45) is 0 Å². The number of aryl methyl sites for hydroxylation is 2. The number of benzene rings is 2. The quantitative estimate of drug-likeness (QED) is 0.457. The van der Waals surface area contributed by atoms with Crippen LogP contribution in [0.2, 0.25) is 0 Å². The topological polar surface area (TPSA) is 47.0 Å². The van der Waals surface area contributed by atoms with Gasteiger partial charge in [0.25, 0.3) is 0 Å². The fraction of sp³-hybridized carbons (Fsp3) is 0.182. The van der Waals surface area contributed by atoms with Crippen LogP contribution >= 0.6 is 11.3 Å². The van der Waals surface area contributed by atoms with E-state index in [0.29, 0.717) is 6.61 Å². The molecule has 0 unspecified atom stereocenters. The second-order valence-electron chi connectivity index (χ2n) is 6.38. The van der Waals surface area contributed by atoms with Crippen molar-refractivity contribution in [1.29, 1.82) is 0 Å². The van der Waals surface area contributed by atoms with Crippen molar-refractivity contribution in [3.05, 3.63) is 65.3 Å². The molecule has 136 valence electrons. The minimum absolute atomic E-state index is 0.665. The first kappa shape index (κ1) is 17.5. The molecule has 0 aliphatic rings. The molecule has 0 saturated heterocycles. The van der Waals surface area contributed by atoms with Crippen LogP contribution in [0.25, 0.3) is 21.3 Å². The normalized spacial score (nSPS) is 10.9. The third-order valence-electron chi connectivity index (χ3n) is 4.43. The van der Waals surface area contributed by atoms with E-state index in [0.717, 1.165) is 33.0 Å². The standard InChI is InChI=1S/C22H21N3OS/c1-4-26-18-11-7-16(8-12-18)19-15(3)27-22-20(19)21(23-13-24-22)25-17-9-5-14(2)6-10-17/h5-13H,4H2,1-3H3,(H,23,24,25). The molecule has 0 aliphatic heterocycles. The maximum Gasteiger partial charge on any atom is 0.143 e. The second kappa shape index (κ2) is 7.37. The molecule has 0 spiro atoms. The molecule has 27 heavy (non-hydrogen) atoms. The van der Waals surface area contributed by atoms with Crippen molar-refractivity contribution in [2.45, 2.75) is 20.8 Å². The largest absolute Gasteiger partial charge is 0.494 e. The molecule has 0 bridgehead atoms. The van der Waals surface area contributed by atoms with Crippen LogP contribution < -0.4 is 10.1 Å². The zero-order valence-corrected chi connectivity index (χ0v) is 16.4. The summed E-state index contributed by atoms with van der Waals surface area (Å²) in [5.74, 6) is 1.71. The summed E-state index contributed by atoms with van der Waals surface area (Å²) in [6.45, 7) is 6.87. The molecule has 1 N–H and O–H groups in total. The van der Waals surface area contributed by atoms with Crippen LogP contribution in [-0.2, 0) is 0 Å². The fourth-order valence-corrected chi connectivity index (χ4v) is 4.16. The van der Waals surface area contributed by atoms with E-state index in [1.54, 1.807) is 17.7 Å². The number of hydrogen-bond acceptors (Lipinski definition) is 5. The van der Waals surface area contributed by atoms with Gasteiger partial charge in [0.15, 0.2) is 0 Å². The van der Waals surface area contributed by atoms with Crippen molar-refractivity contribution in [3.63, 3.8) is 0 Å². The SMILES string of the molecule is CCOc1ccc(-c2c(C)sc3ncnc(Nc4ccc(C)cc4)c23)cc1. The van der Waals surface area contributed by atoms with Gasteiger partial charge in [0.1, 0.15) is 22.7 Å². The molecule has 4 rings (SSSR count).